The van der Waals surface area contributed by atoms with Gasteiger partial charge >= 0.3 is 0 Å². The second-order valence-corrected chi connectivity index (χ2v) is 6.82. The van der Waals surface area contributed by atoms with E-state index in [0.29, 0.717) is 0 Å². The van der Waals surface area contributed by atoms with Crippen molar-refractivity contribution in [3.05, 3.63) is 70.3 Å². The summed E-state index contributed by atoms with van der Waals surface area (Å²) >= 11 is 5.46. The molecule has 0 fully saturated rings. The third-order valence-electron chi connectivity index (χ3n) is 4.62. The molecule has 0 bridgehead atoms. The zero-order chi connectivity index (χ0) is 18.4. The SMILES string of the molecule is COc1cccn(CCCCC(c2ccc(C)cc2)c2c[nH]nn2)c1=S. The van der Waals surface area contributed by atoms with E-state index >= 15 is 0 Å². The number of methoxy groups -OCH3 is 1. The van der Waals surface area contributed by atoms with Crippen LogP contribution in [0.1, 0.15) is 42.0 Å². The fourth-order valence-corrected chi connectivity index (χ4v) is 3.45. The second kappa shape index (κ2) is 8.76. The first-order valence-electron chi connectivity index (χ1n) is 8.85. The highest BCUT2D eigenvalue weighted by atomic mass is 32.1. The summed E-state index contributed by atoms with van der Waals surface area (Å²) in [5.41, 5.74) is 3.54. The number of rotatable bonds is 8. The number of hydrogen-bond donors (Lipinski definition) is 1. The summed E-state index contributed by atoms with van der Waals surface area (Å²) in [5.74, 6) is 1.01. The number of H-pyrrole nitrogens is 1. The summed E-state index contributed by atoms with van der Waals surface area (Å²) in [6, 6.07) is 12.5. The quantitative estimate of drug-likeness (QED) is 0.464. The van der Waals surface area contributed by atoms with Crippen molar-refractivity contribution in [2.75, 3.05) is 7.11 Å². The summed E-state index contributed by atoms with van der Waals surface area (Å²) in [5, 5.41) is 11.0. The molecular weight excluding hydrogens is 344 g/mol. The van der Waals surface area contributed by atoms with E-state index in [1.165, 1.54) is 11.1 Å². The lowest BCUT2D eigenvalue weighted by Gasteiger charge is -2.15. The van der Waals surface area contributed by atoms with Gasteiger partial charge in [-0.05, 0) is 37.5 Å². The molecule has 0 saturated heterocycles. The molecule has 6 heteroatoms. The van der Waals surface area contributed by atoms with Gasteiger partial charge in [-0.25, -0.2) is 0 Å². The van der Waals surface area contributed by atoms with Gasteiger partial charge in [-0.3, -0.25) is 5.10 Å². The number of hydrogen-bond acceptors (Lipinski definition) is 4. The molecule has 2 aromatic heterocycles. The van der Waals surface area contributed by atoms with Crippen LogP contribution < -0.4 is 4.74 Å². The lowest BCUT2D eigenvalue weighted by molar-refractivity contribution is 0.405. The van der Waals surface area contributed by atoms with Gasteiger partial charge in [0.25, 0.3) is 0 Å². The molecule has 0 radical (unpaired) electrons. The van der Waals surface area contributed by atoms with Gasteiger partial charge in [0.05, 0.1) is 12.8 Å². The monoisotopic (exact) mass is 368 g/mol. The first-order chi connectivity index (χ1) is 12.7. The van der Waals surface area contributed by atoms with Crippen molar-refractivity contribution in [3.8, 4) is 5.75 Å². The van der Waals surface area contributed by atoms with Gasteiger partial charge in [0.2, 0.25) is 0 Å². The summed E-state index contributed by atoms with van der Waals surface area (Å²) < 4.78 is 8.13. The molecule has 3 rings (SSSR count). The Kier molecular flexibility index (Phi) is 6.17. The van der Waals surface area contributed by atoms with E-state index in [0.717, 1.165) is 41.9 Å². The lowest BCUT2D eigenvalue weighted by Crippen LogP contribution is -2.05. The summed E-state index contributed by atoms with van der Waals surface area (Å²) in [6.07, 6.45) is 7.04. The van der Waals surface area contributed by atoms with Crippen LogP contribution in [-0.4, -0.2) is 27.1 Å². The van der Waals surface area contributed by atoms with Crippen molar-refractivity contribution in [2.24, 2.45) is 0 Å². The predicted molar refractivity (Wildman–Crippen MR) is 105 cm³/mol. The van der Waals surface area contributed by atoms with Crippen molar-refractivity contribution in [2.45, 2.75) is 38.6 Å². The number of nitrogens with zero attached hydrogens (tertiary/aromatic N) is 3. The molecule has 0 aliphatic heterocycles. The van der Waals surface area contributed by atoms with Crippen molar-refractivity contribution < 1.29 is 4.74 Å². The molecular formula is C20H24N4OS. The van der Waals surface area contributed by atoms with Gasteiger partial charge in [0.15, 0.2) is 5.75 Å². The van der Waals surface area contributed by atoms with E-state index < -0.39 is 0 Å². The molecule has 5 nitrogen and oxygen atoms in total. The van der Waals surface area contributed by atoms with Gasteiger partial charge in [-0.15, -0.1) is 5.10 Å². The highest BCUT2D eigenvalue weighted by Crippen LogP contribution is 2.28. The molecule has 0 aliphatic carbocycles. The maximum absolute atomic E-state index is 5.46. The lowest BCUT2D eigenvalue weighted by atomic mass is 9.90. The van der Waals surface area contributed by atoms with E-state index in [-0.39, 0.29) is 5.92 Å². The first kappa shape index (κ1) is 18.3. The molecule has 26 heavy (non-hydrogen) atoms. The molecule has 2 heterocycles. The summed E-state index contributed by atoms with van der Waals surface area (Å²) in [4.78, 5) is 0. The zero-order valence-electron chi connectivity index (χ0n) is 15.2. The second-order valence-electron chi connectivity index (χ2n) is 6.43. The van der Waals surface area contributed by atoms with Crippen LogP contribution in [0.15, 0.2) is 48.8 Å². The first-order valence-corrected chi connectivity index (χ1v) is 9.26. The summed E-state index contributed by atoms with van der Waals surface area (Å²) in [7, 11) is 1.65. The molecule has 0 spiro atoms. The normalized spacial score (nSPS) is 12.1. The minimum absolute atomic E-state index is 0.257. The molecule has 3 aromatic rings. The fourth-order valence-electron chi connectivity index (χ4n) is 3.14. The zero-order valence-corrected chi connectivity index (χ0v) is 16.0. The Balaban J connectivity index is 1.64. The van der Waals surface area contributed by atoms with Gasteiger partial charge in [-0.2, -0.15) is 0 Å². The maximum atomic E-state index is 5.46. The maximum Gasteiger partial charge on any atom is 0.153 e. The topological polar surface area (TPSA) is 55.7 Å². The van der Waals surface area contributed by atoms with Crippen molar-refractivity contribution in [1.82, 2.24) is 20.0 Å². The molecule has 1 atom stereocenters. The Morgan fingerprint density at radius 2 is 2.00 bits per heavy atom. The Bertz CT molecular complexity index is 872. The highest BCUT2D eigenvalue weighted by molar-refractivity contribution is 7.71. The number of ether oxygens (including phenoxy) is 1. The largest absolute Gasteiger partial charge is 0.494 e. The van der Waals surface area contributed by atoms with E-state index in [1.807, 2.05) is 24.5 Å². The average Bonchev–Trinajstić information content (AvgIpc) is 3.18. The Labute approximate surface area is 159 Å². The third kappa shape index (κ3) is 4.38. The van der Waals surface area contributed by atoms with Crippen LogP contribution >= 0.6 is 12.2 Å². The number of aryl methyl sites for hydroxylation is 2. The van der Waals surface area contributed by atoms with Gasteiger partial charge in [0.1, 0.15) is 4.64 Å². The minimum atomic E-state index is 0.257. The third-order valence-corrected chi connectivity index (χ3v) is 5.06. The van der Waals surface area contributed by atoms with E-state index in [2.05, 4.69) is 51.2 Å². The molecule has 1 unspecified atom stereocenters. The van der Waals surface area contributed by atoms with Gasteiger partial charge in [0, 0.05) is 24.9 Å². The number of aromatic amines is 1. The highest BCUT2D eigenvalue weighted by Gasteiger charge is 2.16. The molecule has 1 N–H and O–H groups in total. The van der Waals surface area contributed by atoms with Crippen molar-refractivity contribution >= 4 is 12.2 Å². The molecule has 1 aromatic carbocycles. The Hall–Kier alpha value is -2.47. The van der Waals surface area contributed by atoms with Crippen LogP contribution in [0.2, 0.25) is 0 Å². The molecule has 0 amide bonds. The standard InChI is InChI=1S/C20H24N4OS/c1-15-8-10-16(11-9-15)17(18-14-21-23-22-18)6-3-4-12-24-13-5-7-19(25-2)20(24)26/h5,7-11,13-14,17H,3-4,6,12H2,1-2H3,(H,21,22,23). The Morgan fingerprint density at radius 1 is 1.19 bits per heavy atom. The van der Waals surface area contributed by atoms with Crippen LogP contribution in [0.25, 0.3) is 0 Å². The molecule has 0 aliphatic rings. The van der Waals surface area contributed by atoms with Gasteiger partial charge in [-0.1, -0.05) is 53.7 Å². The number of pyridine rings is 1. The van der Waals surface area contributed by atoms with Crippen LogP contribution in [0.3, 0.4) is 0 Å². The Morgan fingerprint density at radius 3 is 2.69 bits per heavy atom. The van der Waals surface area contributed by atoms with E-state index in [4.69, 9.17) is 17.0 Å². The smallest absolute Gasteiger partial charge is 0.153 e. The van der Waals surface area contributed by atoms with E-state index in [9.17, 15) is 0 Å². The number of benzene rings is 1. The number of aromatic nitrogens is 4. The van der Waals surface area contributed by atoms with Gasteiger partial charge < -0.3 is 9.30 Å². The van der Waals surface area contributed by atoms with E-state index in [1.54, 1.807) is 7.11 Å². The van der Waals surface area contributed by atoms with Crippen LogP contribution in [-0.2, 0) is 6.54 Å². The van der Waals surface area contributed by atoms with Crippen LogP contribution in [0.5, 0.6) is 5.75 Å². The van der Waals surface area contributed by atoms with Crippen LogP contribution in [0.4, 0.5) is 0 Å². The number of nitrogens with one attached hydrogen (secondary N) is 1. The predicted octanol–water partition coefficient (Wildman–Crippen LogP) is 4.66. The summed E-state index contributed by atoms with van der Waals surface area (Å²) in [6.45, 7) is 2.99. The van der Waals surface area contributed by atoms with Crippen molar-refractivity contribution in [3.63, 3.8) is 0 Å². The van der Waals surface area contributed by atoms with Crippen LogP contribution in [0, 0.1) is 11.6 Å². The minimum Gasteiger partial charge on any atom is -0.494 e. The average molecular weight is 369 g/mol. The fraction of sp³-hybridized carbons (Fsp3) is 0.350. The molecule has 136 valence electrons. The number of unbranched alkanes of at least 4 members (excludes halogenated alkanes) is 1. The molecule has 0 saturated carbocycles. The van der Waals surface area contributed by atoms with Crippen molar-refractivity contribution in [1.29, 1.82) is 0 Å².